The van der Waals surface area contributed by atoms with E-state index in [9.17, 15) is 8.42 Å². The Kier molecular flexibility index (Phi) is 3.33. The summed E-state index contributed by atoms with van der Waals surface area (Å²) in [4.78, 5) is 4.13. The van der Waals surface area contributed by atoms with Crippen LogP contribution in [0.5, 0.6) is 0 Å². The van der Waals surface area contributed by atoms with Gasteiger partial charge >= 0.3 is 0 Å². The van der Waals surface area contributed by atoms with E-state index in [0.717, 1.165) is 5.56 Å². The van der Waals surface area contributed by atoms with Crippen LogP contribution in [0.25, 0.3) is 0 Å². The molecule has 1 N–H and O–H groups in total. The fourth-order valence-electron chi connectivity index (χ4n) is 1.44. The first-order valence-electron chi connectivity index (χ1n) is 5.50. The van der Waals surface area contributed by atoms with E-state index in [0.29, 0.717) is 12.4 Å². The minimum absolute atomic E-state index is 0.134. The highest BCUT2D eigenvalue weighted by Crippen LogP contribution is 2.16. The van der Waals surface area contributed by atoms with E-state index in [-0.39, 0.29) is 4.90 Å². The summed E-state index contributed by atoms with van der Waals surface area (Å²) in [5, 5.41) is 3.94. The zero-order chi connectivity index (χ0) is 13.2. The molecule has 2 rings (SSSR count). The van der Waals surface area contributed by atoms with Crippen molar-refractivity contribution in [2.45, 2.75) is 25.3 Å². The van der Waals surface area contributed by atoms with Gasteiger partial charge in [-0.25, -0.2) is 13.4 Å². The number of anilines is 1. The van der Waals surface area contributed by atoms with Gasteiger partial charge in [-0.1, -0.05) is 6.07 Å². The highest BCUT2D eigenvalue weighted by Gasteiger charge is 2.17. The lowest BCUT2D eigenvalue weighted by molar-refractivity contribution is 0.600. The predicted molar refractivity (Wildman–Crippen MR) is 67.7 cm³/mol. The molecule has 0 spiro atoms. The minimum atomic E-state index is -3.62. The Morgan fingerprint density at radius 2 is 2.22 bits per heavy atom. The maximum absolute atomic E-state index is 12.1. The second-order valence-electron chi connectivity index (χ2n) is 3.81. The van der Waals surface area contributed by atoms with Gasteiger partial charge in [-0.3, -0.25) is 9.40 Å². The summed E-state index contributed by atoms with van der Waals surface area (Å²) in [6, 6.07) is 3.54. The summed E-state index contributed by atoms with van der Waals surface area (Å²) in [6.07, 6.45) is 4.35. The molecule has 96 valence electrons. The first kappa shape index (κ1) is 12.6. The van der Waals surface area contributed by atoms with E-state index >= 15 is 0 Å². The average Bonchev–Trinajstić information content (AvgIpc) is 2.81. The van der Waals surface area contributed by atoms with Crippen LogP contribution in [0.15, 0.2) is 35.6 Å². The number of sulfonamides is 1. The summed E-state index contributed by atoms with van der Waals surface area (Å²) < 4.78 is 28.2. The Morgan fingerprint density at radius 3 is 2.83 bits per heavy atom. The van der Waals surface area contributed by atoms with Gasteiger partial charge in [0.1, 0.15) is 10.7 Å². The lowest BCUT2D eigenvalue weighted by Gasteiger charge is -2.07. The Morgan fingerprint density at radius 1 is 1.44 bits per heavy atom. The van der Waals surface area contributed by atoms with E-state index in [2.05, 4.69) is 14.8 Å². The summed E-state index contributed by atoms with van der Waals surface area (Å²) in [5.41, 5.74) is 0.768. The van der Waals surface area contributed by atoms with Crippen molar-refractivity contribution < 1.29 is 8.42 Å². The fraction of sp³-hybridized carbons (Fsp3) is 0.273. The molecule has 0 aliphatic rings. The molecule has 18 heavy (non-hydrogen) atoms. The van der Waals surface area contributed by atoms with Crippen molar-refractivity contribution in [2.75, 3.05) is 4.72 Å². The molecule has 6 nitrogen and oxygen atoms in total. The van der Waals surface area contributed by atoms with Crippen molar-refractivity contribution in [3.8, 4) is 0 Å². The Hall–Kier alpha value is -1.89. The smallest absolute Gasteiger partial charge is 0.266 e. The van der Waals surface area contributed by atoms with Gasteiger partial charge in [0.2, 0.25) is 0 Å². The van der Waals surface area contributed by atoms with Crippen molar-refractivity contribution in [3.63, 3.8) is 0 Å². The summed E-state index contributed by atoms with van der Waals surface area (Å²) >= 11 is 0. The topological polar surface area (TPSA) is 76.9 Å². The third-order valence-electron chi connectivity index (χ3n) is 2.48. The predicted octanol–water partition coefficient (Wildman–Crippen LogP) is 1.41. The Bertz CT molecular complexity index is 649. The number of rotatable bonds is 4. The van der Waals surface area contributed by atoms with Crippen molar-refractivity contribution in [1.82, 2.24) is 14.8 Å². The van der Waals surface area contributed by atoms with Gasteiger partial charge in [0.05, 0.1) is 6.20 Å². The second kappa shape index (κ2) is 4.77. The number of hydrogen-bond acceptors (Lipinski definition) is 4. The Labute approximate surface area is 106 Å². The van der Waals surface area contributed by atoms with Crippen LogP contribution in [-0.4, -0.2) is 23.2 Å². The molecule has 0 bridgehead atoms. The van der Waals surface area contributed by atoms with Gasteiger partial charge < -0.3 is 0 Å². The highest BCUT2D eigenvalue weighted by atomic mass is 32.2. The molecule has 2 heterocycles. The highest BCUT2D eigenvalue weighted by molar-refractivity contribution is 7.92. The van der Waals surface area contributed by atoms with Gasteiger partial charge in [0, 0.05) is 18.9 Å². The van der Waals surface area contributed by atoms with Gasteiger partial charge in [-0.05, 0) is 25.5 Å². The SMILES string of the molecule is CCn1cc(S(=O)(=O)Nc2ncccc2C)cn1. The van der Waals surface area contributed by atoms with Crippen molar-refractivity contribution >= 4 is 15.8 Å². The number of pyridine rings is 1. The van der Waals surface area contributed by atoms with E-state index in [1.54, 1.807) is 29.9 Å². The van der Waals surface area contributed by atoms with Gasteiger partial charge in [0.15, 0.2) is 0 Å². The molecule has 0 aromatic carbocycles. The van der Waals surface area contributed by atoms with E-state index in [1.165, 1.54) is 12.4 Å². The number of aryl methyl sites for hydroxylation is 2. The second-order valence-corrected chi connectivity index (χ2v) is 5.49. The van der Waals surface area contributed by atoms with Crippen LogP contribution in [0.2, 0.25) is 0 Å². The first-order chi connectivity index (χ1) is 8.53. The van der Waals surface area contributed by atoms with Gasteiger partial charge in [-0.2, -0.15) is 5.10 Å². The van der Waals surface area contributed by atoms with Crippen LogP contribution in [0.1, 0.15) is 12.5 Å². The van der Waals surface area contributed by atoms with E-state index in [4.69, 9.17) is 0 Å². The van der Waals surface area contributed by atoms with Crippen LogP contribution < -0.4 is 4.72 Å². The van der Waals surface area contributed by atoms with Crippen LogP contribution in [0.3, 0.4) is 0 Å². The molecule has 0 unspecified atom stereocenters. The molecule has 0 saturated heterocycles. The molecular formula is C11H14N4O2S. The van der Waals surface area contributed by atoms with Gasteiger partial charge in [0.25, 0.3) is 10.0 Å². The molecule has 2 aromatic rings. The maximum Gasteiger partial charge on any atom is 0.266 e. The van der Waals surface area contributed by atoms with Crippen LogP contribution in [0, 0.1) is 6.92 Å². The summed E-state index contributed by atoms with van der Waals surface area (Å²) in [6.45, 7) is 4.30. The molecule has 0 aliphatic carbocycles. The molecule has 0 fully saturated rings. The van der Waals surface area contributed by atoms with Crippen LogP contribution >= 0.6 is 0 Å². The van der Waals surface area contributed by atoms with Gasteiger partial charge in [-0.15, -0.1) is 0 Å². The monoisotopic (exact) mass is 266 g/mol. The standard InChI is InChI=1S/C11H14N4O2S/c1-3-15-8-10(7-13-15)18(16,17)14-11-9(2)5-4-6-12-11/h4-8H,3H2,1-2H3,(H,12,14). The maximum atomic E-state index is 12.1. The lowest BCUT2D eigenvalue weighted by atomic mass is 10.3. The van der Waals surface area contributed by atoms with Crippen molar-refractivity contribution in [3.05, 3.63) is 36.3 Å². The molecule has 0 amide bonds. The molecule has 0 saturated carbocycles. The number of aromatic nitrogens is 3. The van der Waals surface area contributed by atoms with Crippen LogP contribution in [0.4, 0.5) is 5.82 Å². The average molecular weight is 266 g/mol. The summed E-state index contributed by atoms with van der Waals surface area (Å²) in [5.74, 6) is 0.335. The normalized spacial score (nSPS) is 11.4. The Balaban J connectivity index is 2.30. The molecule has 0 atom stereocenters. The first-order valence-corrected chi connectivity index (χ1v) is 6.98. The number of nitrogens with one attached hydrogen (secondary N) is 1. The molecule has 2 aromatic heterocycles. The van der Waals surface area contributed by atoms with Crippen molar-refractivity contribution in [1.29, 1.82) is 0 Å². The molecule has 0 aliphatic heterocycles. The fourth-order valence-corrected chi connectivity index (χ4v) is 2.47. The zero-order valence-corrected chi connectivity index (χ0v) is 11.0. The number of hydrogen-bond donors (Lipinski definition) is 1. The quantitative estimate of drug-likeness (QED) is 0.907. The minimum Gasteiger partial charge on any atom is -0.272 e. The van der Waals surface area contributed by atoms with Crippen molar-refractivity contribution in [2.24, 2.45) is 0 Å². The number of nitrogens with zero attached hydrogens (tertiary/aromatic N) is 3. The zero-order valence-electron chi connectivity index (χ0n) is 10.2. The molecular weight excluding hydrogens is 252 g/mol. The van der Waals surface area contributed by atoms with Crippen LogP contribution in [-0.2, 0) is 16.6 Å². The lowest BCUT2D eigenvalue weighted by Crippen LogP contribution is -2.14. The molecule has 0 radical (unpaired) electrons. The largest absolute Gasteiger partial charge is 0.272 e. The van der Waals surface area contributed by atoms with E-state index in [1.807, 2.05) is 6.92 Å². The molecule has 7 heteroatoms. The van der Waals surface area contributed by atoms with E-state index < -0.39 is 10.0 Å². The summed E-state index contributed by atoms with van der Waals surface area (Å²) in [7, 11) is -3.62. The third kappa shape index (κ3) is 2.51. The third-order valence-corrected chi connectivity index (χ3v) is 3.78.